The van der Waals surface area contributed by atoms with E-state index in [1.807, 2.05) is 32.0 Å². The molecule has 0 aliphatic heterocycles. The van der Waals surface area contributed by atoms with Gasteiger partial charge in [-0.1, -0.05) is 44.2 Å². The number of nitrogens with zero attached hydrogens (tertiary/aromatic N) is 1. The largest absolute Gasteiger partial charge is 0.511 e. The van der Waals surface area contributed by atoms with E-state index >= 15 is 0 Å². The van der Waals surface area contributed by atoms with Gasteiger partial charge in [0, 0.05) is 25.6 Å². The van der Waals surface area contributed by atoms with Gasteiger partial charge in [-0.15, -0.1) is 0 Å². The van der Waals surface area contributed by atoms with Crippen molar-refractivity contribution >= 4 is 29.3 Å². The third-order valence-electron chi connectivity index (χ3n) is 3.74. The minimum absolute atomic E-state index is 0.0883. The predicted molar refractivity (Wildman–Crippen MR) is 96.9 cm³/mol. The van der Waals surface area contributed by atoms with E-state index in [4.69, 9.17) is 12.2 Å². The first-order valence-electron chi connectivity index (χ1n) is 7.68. The Bertz CT molecular complexity index is 648. The maximum absolute atomic E-state index is 12.1. The van der Waals surface area contributed by atoms with Crippen LogP contribution in [0.2, 0.25) is 0 Å². The molecule has 0 heterocycles. The van der Waals surface area contributed by atoms with E-state index in [9.17, 15) is 9.90 Å². The number of aliphatic imine (C=N–C) groups is 1. The van der Waals surface area contributed by atoms with Crippen molar-refractivity contribution in [3.8, 4) is 0 Å². The van der Waals surface area contributed by atoms with E-state index < -0.39 is 0 Å². The molecule has 0 fully saturated rings. The molecule has 1 aromatic rings. The highest BCUT2D eigenvalue weighted by Crippen LogP contribution is 2.35. The van der Waals surface area contributed by atoms with Gasteiger partial charge in [0.05, 0.1) is 5.57 Å². The minimum atomic E-state index is -0.201. The maximum atomic E-state index is 12.1. The lowest BCUT2D eigenvalue weighted by molar-refractivity contribution is -0.117. The zero-order chi connectivity index (χ0) is 16.9. The second-order valence-electron chi connectivity index (χ2n) is 6.53. The summed E-state index contributed by atoms with van der Waals surface area (Å²) >= 11 is 5.14. The van der Waals surface area contributed by atoms with Gasteiger partial charge in [0.25, 0.3) is 0 Å². The smallest absolute Gasteiger partial charge is 0.192 e. The molecule has 1 aliphatic carbocycles. The molecular weight excluding hydrogens is 308 g/mol. The average Bonchev–Trinajstić information content (AvgIpc) is 2.46. The number of aliphatic hydroxyl groups excluding tert-OH is 1. The van der Waals surface area contributed by atoms with Crippen LogP contribution in [0.4, 0.5) is 0 Å². The number of allylic oxidation sites excluding steroid dienone is 2. The third-order valence-corrected chi connectivity index (χ3v) is 3.99. The topological polar surface area (TPSA) is 61.7 Å². The molecule has 0 bridgehead atoms. The molecule has 0 aromatic heterocycles. The van der Waals surface area contributed by atoms with Crippen molar-refractivity contribution < 1.29 is 9.90 Å². The molecule has 0 radical (unpaired) electrons. The van der Waals surface area contributed by atoms with E-state index in [1.165, 1.54) is 11.8 Å². The first kappa shape index (κ1) is 17.3. The van der Waals surface area contributed by atoms with Crippen molar-refractivity contribution in [3.05, 3.63) is 47.2 Å². The van der Waals surface area contributed by atoms with E-state index in [0.717, 1.165) is 6.42 Å². The number of benzene rings is 1. The van der Waals surface area contributed by atoms with Crippen molar-refractivity contribution in [2.24, 2.45) is 10.4 Å². The van der Waals surface area contributed by atoms with Gasteiger partial charge in [-0.25, -0.2) is 4.99 Å². The first-order chi connectivity index (χ1) is 10.9. The van der Waals surface area contributed by atoms with Crippen LogP contribution in [0.15, 0.2) is 46.7 Å². The summed E-state index contributed by atoms with van der Waals surface area (Å²) in [4.78, 5) is 16.1. The lowest BCUT2D eigenvalue weighted by atomic mass is 9.77. The molecule has 2 N–H and O–H groups in total. The number of Topliss-reactive ketones (excluding diaryl/α,β-unsaturated/α-hetero) is 1. The van der Waals surface area contributed by atoms with Crippen molar-refractivity contribution in [1.82, 2.24) is 5.32 Å². The highest BCUT2D eigenvalue weighted by atomic mass is 32.1. The standard InChI is InChI=1S/C18H22N2O2S/c1-18(2)10-15(21)14(16(22)11-18)12-20-17(23)19-9-8-13-6-4-3-5-7-13/h3-7,12,21H,8-11H2,1-2H3,(H,19,23)/b20-12+. The summed E-state index contributed by atoms with van der Waals surface area (Å²) in [6.45, 7) is 4.60. The summed E-state index contributed by atoms with van der Waals surface area (Å²) < 4.78 is 0. The molecule has 122 valence electrons. The Hall–Kier alpha value is -2.01. The second-order valence-corrected chi connectivity index (χ2v) is 6.91. The molecule has 0 unspecified atom stereocenters. The number of hydrogen-bond acceptors (Lipinski definition) is 3. The Balaban J connectivity index is 1.87. The number of aliphatic hydroxyl groups is 1. The second kappa shape index (κ2) is 7.51. The fraction of sp³-hybridized carbons (Fsp3) is 0.389. The predicted octanol–water partition coefficient (Wildman–Crippen LogP) is 3.38. The average molecular weight is 330 g/mol. The van der Waals surface area contributed by atoms with Crippen molar-refractivity contribution in [3.63, 3.8) is 0 Å². The van der Waals surface area contributed by atoms with Crippen LogP contribution in [0.25, 0.3) is 0 Å². The minimum Gasteiger partial charge on any atom is -0.511 e. The van der Waals surface area contributed by atoms with Crippen LogP contribution in [0, 0.1) is 5.41 Å². The monoisotopic (exact) mass is 330 g/mol. The quantitative estimate of drug-likeness (QED) is 0.656. The van der Waals surface area contributed by atoms with Gasteiger partial charge < -0.3 is 10.4 Å². The number of ketones is 1. The number of nitrogens with one attached hydrogen (secondary N) is 1. The number of hydrogen-bond donors (Lipinski definition) is 2. The zero-order valence-corrected chi connectivity index (χ0v) is 14.3. The molecule has 2 rings (SSSR count). The summed E-state index contributed by atoms with van der Waals surface area (Å²) in [6, 6.07) is 10.1. The summed E-state index contributed by atoms with van der Waals surface area (Å²) in [5, 5.41) is 13.4. The van der Waals surface area contributed by atoms with Crippen molar-refractivity contribution in [2.75, 3.05) is 6.54 Å². The Kier molecular flexibility index (Phi) is 5.66. The molecule has 0 saturated heterocycles. The summed E-state index contributed by atoms with van der Waals surface area (Å²) in [5.41, 5.74) is 1.29. The van der Waals surface area contributed by atoms with Crippen LogP contribution in [0.5, 0.6) is 0 Å². The molecule has 0 saturated carbocycles. The molecule has 23 heavy (non-hydrogen) atoms. The van der Waals surface area contributed by atoms with Gasteiger partial charge in [0.15, 0.2) is 10.9 Å². The molecule has 1 aromatic carbocycles. The SMILES string of the molecule is CC1(C)CC(=O)C(/C=N/C(=S)NCCc2ccccc2)=C(O)C1. The molecular formula is C18H22N2O2S. The van der Waals surface area contributed by atoms with Gasteiger partial charge in [-0.2, -0.15) is 0 Å². The fourth-order valence-electron chi connectivity index (χ4n) is 2.58. The van der Waals surface area contributed by atoms with Gasteiger partial charge in [-0.3, -0.25) is 4.79 Å². The number of carbonyl (C=O) groups excluding carboxylic acids is 1. The van der Waals surface area contributed by atoms with Gasteiger partial charge in [-0.05, 0) is 29.6 Å². The Morgan fingerprint density at radius 1 is 1.35 bits per heavy atom. The Morgan fingerprint density at radius 2 is 2.04 bits per heavy atom. The summed E-state index contributed by atoms with van der Waals surface area (Å²) in [5.74, 6) is 0.0108. The maximum Gasteiger partial charge on any atom is 0.192 e. The molecule has 0 spiro atoms. The van der Waals surface area contributed by atoms with Crippen LogP contribution in [-0.4, -0.2) is 28.8 Å². The van der Waals surface area contributed by atoms with Crippen molar-refractivity contribution in [1.29, 1.82) is 0 Å². The van der Waals surface area contributed by atoms with E-state index in [2.05, 4.69) is 22.4 Å². The first-order valence-corrected chi connectivity index (χ1v) is 8.09. The van der Waals surface area contributed by atoms with Crippen LogP contribution in [0.3, 0.4) is 0 Å². The number of rotatable bonds is 4. The highest BCUT2D eigenvalue weighted by Gasteiger charge is 2.32. The molecule has 4 nitrogen and oxygen atoms in total. The van der Waals surface area contributed by atoms with Crippen LogP contribution in [0.1, 0.15) is 32.3 Å². The lowest BCUT2D eigenvalue weighted by Crippen LogP contribution is -2.27. The van der Waals surface area contributed by atoms with Crippen LogP contribution < -0.4 is 5.32 Å². The van der Waals surface area contributed by atoms with E-state index in [1.54, 1.807) is 0 Å². The van der Waals surface area contributed by atoms with Gasteiger partial charge >= 0.3 is 0 Å². The van der Waals surface area contributed by atoms with Crippen molar-refractivity contribution in [2.45, 2.75) is 33.1 Å². The van der Waals surface area contributed by atoms with Gasteiger partial charge in [0.1, 0.15) is 5.76 Å². The third kappa shape index (κ3) is 5.28. The lowest BCUT2D eigenvalue weighted by Gasteiger charge is -2.28. The fourth-order valence-corrected chi connectivity index (χ4v) is 2.73. The highest BCUT2D eigenvalue weighted by molar-refractivity contribution is 7.80. The zero-order valence-electron chi connectivity index (χ0n) is 13.5. The van der Waals surface area contributed by atoms with Gasteiger partial charge in [0.2, 0.25) is 0 Å². The van der Waals surface area contributed by atoms with E-state index in [0.29, 0.717) is 24.5 Å². The Labute approximate surface area is 142 Å². The van der Waals surface area contributed by atoms with Crippen LogP contribution in [-0.2, 0) is 11.2 Å². The van der Waals surface area contributed by atoms with E-state index in [-0.39, 0.29) is 22.5 Å². The van der Waals surface area contributed by atoms with Crippen LogP contribution >= 0.6 is 12.2 Å². The molecule has 1 aliphatic rings. The molecule has 0 atom stereocenters. The summed E-state index contributed by atoms with van der Waals surface area (Å²) in [6.07, 6.45) is 3.11. The summed E-state index contributed by atoms with van der Waals surface area (Å²) in [7, 11) is 0. The number of thiocarbonyl (C=S) groups is 1. The molecule has 0 amide bonds. The normalized spacial score (nSPS) is 17.6. The Morgan fingerprint density at radius 3 is 2.70 bits per heavy atom. The molecule has 5 heteroatoms. The number of carbonyl (C=O) groups is 1.